The van der Waals surface area contributed by atoms with Crippen molar-refractivity contribution >= 4 is 97.7 Å². The molecule has 0 spiro atoms. The van der Waals surface area contributed by atoms with Gasteiger partial charge in [-0.1, -0.05) is 71.1 Å². The van der Waals surface area contributed by atoms with Gasteiger partial charge in [0.1, 0.15) is 11.3 Å². The van der Waals surface area contributed by atoms with Crippen molar-refractivity contribution in [3.63, 3.8) is 0 Å². The van der Waals surface area contributed by atoms with E-state index in [0.717, 1.165) is 76.6 Å². The van der Waals surface area contributed by atoms with E-state index in [1.54, 1.807) is 86.7 Å². The average molecular weight is 1120 g/mol. The highest BCUT2D eigenvalue weighted by molar-refractivity contribution is 7.90. The second kappa shape index (κ2) is 29.8. The molecule has 2 aliphatic rings. The molecular formula is C51H64Cl4N12O6S. The molecule has 2 amide bonds. The van der Waals surface area contributed by atoms with E-state index in [1.165, 1.54) is 6.20 Å². The van der Waals surface area contributed by atoms with Crippen molar-refractivity contribution in [3.05, 3.63) is 128 Å². The number of sulfone groups is 1. The van der Waals surface area contributed by atoms with Crippen molar-refractivity contribution in [3.8, 4) is 22.3 Å². The molecule has 5 N–H and O–H groups in total. The molecule has 6 aromatic rings. The Morgan fingerprint density at radius 2 is 1.14 bits per heavy atom. The van der Waals surface area contributed by atoms with Crippen LogP contribution in [-0.4, -0.2) is 157 Å². The highest BCUT2D eigenvalue weighted by atomic mass is 35.5. The summed E-state index contributed by atoms with van der Waals surface area (Å²) in [7, 11) is 3.63. The number of pyridine rings is 2. The largest absolute Gasteiger partial charge is 0.354 e. The lowest BCUT2D eigenvalue weighted by Gasteiger charge is -2.32. The van der Waals surface area contributed by atoms with E-state index in [2.05, 4.69) is 69.6 Å². The van der Waals surface area contributed by atoms with Crippen LogP contribution in [0.2, 0.25) is 10.0 Å². The summed E-state index contributed by atoms with van der Waals surface area (Å²) in [6, 6.07) is 17.6. The van der Waals surface area contributed by atoms with Gasteiger partial charge in [0, 0.05) is 96.5 Å². The van der Waals surface area contributed by atoms with E-state index >= 15 is 0 Å². The molecule has 0 radical (unpaired) electrons. The number of halogens is 4. The number of carbonyl (C=O) groups is 2. The lowest BCUT2D eigenvalue weighted by Crippen LogP contribution is -2.42. The molecule has 0 aliphatic carbocycles. The predicted octanol–water partition coefficient (Wildman–Crippen LogP) is 6.59. The predicted molar refractivity (Wildman–Crippen MR) is 300 cm³/mol. The maximum atomic E-state index is 12.6. The third-order valence-electron chi connectivity index (χ3n) is 12.0. The number of H-pyrrole nitrogens is 2. The summed E-state index contributed by atoms with van der Waals surface area (Å²) >= 11 is 12.4. The number of aromatic nitrogens is 6. The number of likely N-dealkylation sites (N-methyl/N-ethyl adjacent to an activating group) is 2. The van der Waals surface area contributed by atoms with Gasteiger partial charge in [0.05, 0.1) is 13.1 Å². The van der Waals surface area contributed by atoms with Gasteiger partial charge in [0.15, 0.2) is 0 Å². The zero-order chi connectivity index (χ0) is 52.5. The minimum absolute atomic E-state index is 0. The second-order valence-electron chi connectivity index (χ2n) is 17.7. The highest BCUT2D eigenvalue weighted by Gasteiger charge is 2.23. The van der Waals surface area contributed by atoms with Crippen LogP contribution < -0.4 is 22.2 Å². The molecule has 2 aliphatic heterocycles. The first-order chi connectivity index (χ1) is 34.3. The number of amides is 2. The Morgan fingerprint density at radius 3 is 1.54 bits per heavy atom. The van der Waals surface area contributed by atoms with Gasteiger partial charge >= 0.3 is 0 Å². The first-order valence-corrected chi connectivity index (χ1v) is 25.8. The molecule has 4 aromatic heterocycles. The molecule has 2 aromatic carbocycles. The molecular weight excluding hydrogens is 1050 g/mol. The van der Waals surface area contributed by atoms with Crippen LogP contribution in [0.4, 0.5) is 5.95 Å². The number of nitrogens with zero attached hydrogens (tertiary/aromatic N) is 8. The lowest BCUT2D eigenvalue weighted by atomic mass is 9.97. The Labute approximate surface area is 453 Å². The van der Waals surface area contributed by atoms with Crippen LogP contribution in [0.15, 0.2) is 112 Å². The van der Waals surface area contributed by atoms with E-state index in [4.69, 9.17) is 28.9 Å². The summed E-state index contributed by atoms with van der Waals surface area (Å²) in [6.07, 6.45) is 8.36. The number of nitrogens with two attached hydrogens (primary N) is 1. The molecule has 2 fully saturated rings. The van der Waals surface area contributed by atoms with Crippen molar-refractivity contribution in [1.82, 2.24) is 49.5 Å². The summed E-state index contributed by atoms with van der Waals surface area (Å²) in [5, 5.41) is 5.19. The molecule has 18 nitrogen and oxygen atoms in total. The molecule has 0 unspecified atom stereocenters. The number of hydrogen-bond donors (Lipinski definition) is 4. The van der Waals surface area contributed by atoms with Gasteiger partial charge < -0.3 is 30.8 Å². The van der Waals surface area contributed by atoms with E-state index in [-0.39, 0.29) is 53.0 Å². The smallest absolute Gasteiger partial charge is 0.257 e. The van der Waals surface area contributed by atoms with E-state index in [9.17, 15) is 27.6 Å². The number of benzene rings is 2. The maximum absolute atomic E-state index is 12.6. The third-order valence-corrected chi connectivity index (χ3v) is 13.5. The van der Waals surface area contributed by atoms with Crippen molar-refractivity contribution in [2.75, 3.05) is 92.1 Å². The molecule has 398 valence electrons. The summed E-state index contributed by atoms with van der Waals surface area (Å²) in [4.78, 5) is 77.8. The van der Waals surface area contributed by atoms with Crippen molar-refractivity contribution in [2.45, 2.75) is 30.8 Å². The fraction of sp³-hybridized carbons (Fsp3) is 0.373. The Balaban J connectivity index is 0.000000299. The van der Waals surface area contributed by atoms with Gasteiger partial charge in [-0.15, -0.1) is 24.8 Å². The molecule has 0 bridgehead atoms. The van der Waals surface area contributed by atoms with Crippen LogP contribution in [0.3, 0.4) is 0 Å². The number of likely N-dealkylation sites (tertiary alicyclic amines) is 2. The highest BCUT2D eigenvalue weighted by Crippen LogP contribution is 2.28. The van der Waals surface area contributed by atoms with Gasteiger partial charge in [0.2, 0.25) is 32.8 Å². The lowest BCUT2D eigenvalue weighted by molar-refractivity contribution is -0.131. The Bertz CT molecular complexity index is 3140. The molecule has 74 heavy (non-hydrogen) atoms. The third kappa shape index (κ3) is 18.2. The molecule has 8 rings (SSSR count). The van der Waals surface area contributed by atoms with Gasteiger partial charge in [-0.2, -0.15) is 4.98 Å². The van der Waals surface area contributed by atoms with E-state index in [0.29, 0.717) is 74.2 Å². The monoisotopic (exact) mass is 1110 g/mol. The van der Waals surface area contributed by atoms with Gasteiger partial charge in [0.25, 0.3) is 11.1 Å². The average Bonchev–Trinajstić information content (AvgIpc) is 3.36. The molecule has 2 saturated heterocycles. The van der Waals surface area contributed by atoms with E-state index in [1.807, 2.05) is 18.2 Å². The van der Waals surface area contributed by atoms with Crippen LogP contribution in [-0.2, 0) is 19.4 Å². The summed E-state index contributed by atoms with van der Waals surface area (Å²) in [5.74, 6) is 1.97. The summed E-state index contributed by atoms with van der Waals surface area (Å²) in [6.45, 7) is 12.8. The minimum atomic E-state index is -3.54. The number of aromatic amines is 2. The van der Waals surface area contributed by atoms with Crippen LogP contribution in [0.25, 0.3) is 44.3 Å². The standard InChI is InChI=1S/C23H27ClN6O2.C14H10ClN3O3S.C10H21N3O.C4H4.2ClH/c1-29(2)20(31)14-30-9-7-15(8-10-30)12-25-23-26-13-16-11-18(22(32)27-21(16)28-23)17-5-3-4-6-19(17)24;1-22(20,21)14-16-7-8-6-10(13(19)17-12(8)18-14)9-4-2-3-5-11(9)15;1-12(2)10(14)8-13-5-3-9(7-11)4-6-13;1-3-4-2;;/h3-6,11,13,15H,7-10,12,14H2,1-2H3,(H2,25,26,27,28,32);2-7H,1H3,(H,16,17,18,19);9H,3-8,11H2,1-2H3;1-2H2;2*1H. The number of nitrogens with one attached hydrogen (secondary N) is 3. The summed E-state index contributed by atoms with van der Waals surface area (Å²) in [5.41, 5.74) is 12.4. The van der Waals surface area contributed by atoms with Gasteiger partial charge in [-0.25, -0.2) is 23.4 Å². The van der Waals surface area contributed by atoms with Crippen molar-refractivity contribution < 1.29 is 18.0 Å². The number of piperidine rings is 2. The normalized spacial score (nSPS) is 13.9. The van der Waals surface area contributed by atoms with Crippen LogP contribution in [0.5, 0.6) is 0 Å². The summed E-state index contributed by atoms with van der Waals surface area (Å²) < 4.78 is 22.9. The number of carbonyl (C=O) groups excluding carboxylic acids is 2. The zero-order valence-corrected chi connectivity index (χ0v) is 46.0. The Morgan fingerprint density at radius 1 is 0.716 bits per heavy atom. The molecule has 0 saturated carbocycles. The molecule has 0 atom stereocenters. The number of hydrogen-bond acceptors (Lipinski definition) is 14. The van der Waals surface area contributed by atoms with Gasteiger partial charge in [-0.05, 0) is 108 Å². The number of fused-ring (bicyclic) bond motifs is 2. The quantitative estimate of drug-likeness (QED) is 0.0791. The van der Waals surface area contributed by atoms with Crippen molar-refractivity contribution in [2.24, 2.45) is 17.6 Å². The van der Waals surface area contributed by atoms with Crippen molar-refractivity contribution in [1.29, 1.82) is 0 Å². The topological polar surface area (TPSA) is 237 Å². The second-order valence-corrected chi connectivity index (χ2v) is 20.4. The first kappa shape index (κ1) is 62.3. The van der Waals surface area contributed by atoms with E-state index < -0.39 is 15.4 Å². The Kier molecular flexibility index (Phi) is 25.1. The molecule has 23 heteroatoms. The maximum Gasteiger partial charge on any atom is 0.257 e. The van der Waals surface area contributed by atoms with Crippen LogP contribution >= 0.6 is 48.0 Å². The fourth-order valence-electron chi connectivity index (χ4n) is 7.62. The fourth-order valence-corrected chi connectivity index (χ4v) is 8.60. The molecule has 6 heterocycles. The minimum Gasteiger partial charge on any atom is -0.354 e. The Hall–Kier alpha value is -5.95. The number of rotatable bonds is 11. The number of anilines is 1. The van der Waals surface area contributed by atoms with Gasteiger partial charge in [-0.3, -0.25) is 29.0 Å². The van der Waals surface area contributed by atoms with Crippen LogP contribution in [0.1, 0.15) is 25.7 Å². The van der Waals surface area contributed by atoms with Crippen LogP contribution in [0, 0.1) is 11.8 Å². The SMILES string of the molecule is C=C=C=C.CN(C)C(=O)CN1CCC(CN)CC1.CN(C)C(=O)CN1CCC(CNc2ncc3cc(-c4ccccc4Cl)c(=O)[nH]c3n2)CC1.CS(=O)(=O)c1ncc2cc(-c3ccccc3Cl)c(=O)[nH]c2n1.Cl.Cl. The zero-order valence-electron chi connectivity index (χ0n) is 42.1. The first-order valence-electron chi connectivity index (χ1n) is 23.1.